The van der Waals surface area contributed by atoms with Crippen molar-refractivity contribution < 1.29 is 27.6 Å². The van der Waals surface area contributed by atoms with E-state index in [2.05, 4.69) is 5.32 Å². The van der Waals surface area contributed by atoms with Gasteiger partial charge in [-0.15, -0.1) is 0 Å². The lowest BCUT2D eigenvalue weighted by Gasteiger charge is -2.33. The minimum Gasteiger partial charge on any atom is -0.325 e. The molecule has 24 heavy (non-hydrogen) atoms. The number of rotatable bonds is 3. The molecule has 130 valence electrons. The Morgan fingerprint density at radius 2 is 1.83 bits per heavy atom. The van der Waals surface area contributed by atoms with Crippen LogP contribution in [0.4, 0.5) is 18.9 Å². The van der Waals surface area contributed by atoms with Gasteiger partial charge in [0.1, 0.15) is 0 Å². The number of halogens is 3. The van der Waals surface area contributed by atoms with E-state index in [1.165, 1.54) is 6.07 Å². The summed E-state index contributed by atoms with van der Waals surface area (Å²) in [6.45, 7) is 3.67. The molecule has 0 atom stereocenters. The van der Waals surface area contributed by atoms with Crippen LogP contribution in [0.2, 0.25) is 0 Å². The Morgan fingerprint density at radius 3 is 2.33 bits per heavy atom. The van der Waals surface area contributed by atoms with Gasteiger partial charge in [-0.3, -0.25) is 14.4 Å². The molecular formula is C17H18F3NO3. The van der Waals surface area contributed by atoms with E-state index in [1.54, 1.807) is 0 Å². The summed E-state index contributed by atoms with van der Waals surface area (Å²) in [4.78, 5) is 36.6. The highest BCUT2D eigenvalue weighted by Gasteiger charge is 2.44. The Balaban J connectivity index is 2.16. The Bertz CT molecular complexity index is 664. The molecule has 4 nitrogen and oxygen atoms in total. The summed E-state index contributed by atoms with van der Waals surface area (Å²) in [5, 5.41) is 2.25. The number of Topliss-reactive ketones (excluding diaryl/α,β-unsaturated/α-hetero) is 2. The zero-order valence-electron chi connectivity index (χ0n) is 13.4. The molecule has 1 aromatic rings. The molecule has 0 spiro atoms. The van der Waals surface area contributed by atoms with Crippen LogP contribution in [0.15, 0.2) is 24.3 Å². The van der Waals surface area contributed by atoms with Gasteiger partial charge in [-0.1, -0.05) is 19.9 Å². The molecule has 0 aromatic heterocycles. The zero-order valence-corrected chi connectivity index (χ0v) is 13.4. The molecule has 1 aliphatic carbocycles. The van der Waals surface area contributed by atoms with Crippen LogP contribution in [0.5, 0.6) is 0 Å². The van der Waals surface area contributed by atoms with Crippen LogP contribution < -0.4 is 5.32 Å². The summed E-state index contributed by atoms with van der Waals surface area (Å²) < 4.78 is 38.1. The van der Waals surface area contributed by atoms with Crippen molar-refractivity contribution in [1.29, 1.82) is 0 Å². The van der Waals surface area contributed by atoms with Crippen molar-refractivity contribution in [2.45, 2.75) is 39.3 Å². The van der Waals surface area contributed by atoms with E-state index in [0.717, 1.165) is 18.2 Å². The summed E-state index contributed by atoms with van der Waals surface area (Å²) in [6, 6.07) is 4.07. The van der Waals surface area contributed by atoms with Gasteiger partial charge in [0, 0.05) is 18.5 Å². The number of anilines is 1. The standard InChI is InChI=1S/C17H18F3NO3/c1-3-16(2)8-12(22)14(13(23)9-16)15(24)21-11-6-4-5-10(7-11)17(18,19)20/h4-7,14H,3,8-9H2,1-2H3,(H,21,24). The number of benzene rings is 1. The van der Waals surface area contributed by atoms with E-state index in [9.17, 15) is 27.6 Å². The van der Waals surface area contributed by atoms with Crippen molar-refractivity contribution in [1.82, 2.24) is 0 Å². The molecule has 0 saturated heterocycles. The molecule has 0 radical (unpaired) electrons. The lowest BCUT2D eigenvalue weighted by atomic mass is 9.68. The number of hydrogen-bond acceptors (Lipinski definition) is 3. The van der Waals surface area contributed by atoms with Gasteiger partial charge in [-0.2, -0.15) is 13.2 Å². The summed E-state index contributed by atoms with van der Waals surface area (Å²) in [7, 11) is 0. The number of carbonyl (C=O) groups is 3. The highest BCUT2D eigenvalue weighted by molar-refractivity contribution is 6.23. The maximum atomic E-state index is 12.7. The van der Waals surface area contributed by atoms with E-state index in [0.29, 0.717) is 6.42 Å². The summed E-state index contributed by atoms with van der Waals surface area (Å²) >= 11 is 0. The second-order valence-electron chi connectivity index (χ2n) is 6.45. The van der Waals surface area contributed by atoms with Gasteiger partial charge in [0.25, 0.3) is 0 Å². The maximum Gasteiger partial charge on any atom is 0.416 e. The Kier molecular flexibility index (Phi) is 4.82. The maximum absolute atomic E-state index is 12.7. The molecule has 1 amide bonds. The van der Waals surface area contributed by atoms with Crippen LogP contribution in [0.25, 0.3) is 0 Å². The fourth-order valence-corrected chi connectivity index (χ4v) is 2.82. The van der Waals surface area contributed by atoms with Crippen molar-refractivity contribution in [2.24, 2.45) is 11.3 Å². The molecule has 7 heteroatoms. The largest absolute Gasteiger partial charge is 0.416 e. The minimum absolute atomic E-state index is 0.0979. The Hall–Kier alpha value is -2.18. The SMILES string of the molecule is CCC1(C)CC(=O)C(C(=O)Nc2cccc(C(F)(F)F)c2)C(=O)C1. The van der Waals surface area contributed by atoms with Crippen LogP contribution in [0, 0.1) is 11.3 Å². The quantitative estimate of drug-likeness (QED) is 0.854. The highest BCUT2D eigenvalue weighted by Crippen LogP contribution is 2.38. The third-order valence-corrected chi connectivity index (χ3v) is 4.42. The van der Waals surface area contributed by atoms with Gasteiger partial charge in [-0.05, 0) is 30.0 Å². The van der Waals surface area contributed by atoms with Crippen LogP contribution in [-0.2, 0) is 20.6 Å². The Labute approximate surface area is 137 Å². The predicted octanol–water partition coefficient (Wildman–Crippen LogP) is 3.61. The summed E-state index contributed by atoms with van der Waals surface area (Å²) in [6.07, 6.45) is -3.70. The zero-order chi connectivity index (χ0) is 18.1. The third kappa shape index (κ3) is 3.83. The van der Waals surface area contributed by atoms with Gasteiger partial charge in [0.15, 0.2) is 17.5 Å². The van der Waals surface area contributed by atoms with E-state index < -0.39 is 40.5 Å². The molecule has 1 aliphatic rings. The van der Waals surface area contributed by atoms with Crippen molar-refractivity contribution in [2.75, 3.05) is 5.32 Å². The smallest absolute Gasteiger partial charge is 0.325 e. The van der Waals surface area contributed by atoms with Crippen LogP contribution in [-0.4, -0.2) is 17.5 Å². The molecule has 0 bridgehead atoms. The normalized spacial score (nSPS) is 24.8. The van der Waals surface area contributed by atoms with Crippen molar-refractivity contribution in [3.63, 3.8) is 0 Å². The van der Waals surface area contributed by atoms with Gasteiger partial charge in [-0.25, -0.2) is 0 Å². The van der Waals surface area contributed by atoms with Gasteiger partial charge in [0.05, 0.1) is 5.56 Å². The summed E-state index contributed by atoms with van der Waals surface area (Å²) in [5.41, 5.74) is -1.47. The van der Waals surface area contributed by atoms with E-state index in [4.69, 9.17) is 0 Å². The fourth-order valence-electron chi connectivity index (χ4n) is 2.82. The second kappa shape index (κ2) is 6.37. The van der Waals surface area contributed by atoms with Crippen molar-refractivity contribution >= 4 is 23.2 Å². The lowest BCUT2D eigenvalue weighted by molar-refractivity contribution is -0.145. The molecule has 1 fully saturated rings. The number of nitrogens with one attached hydrogen (secondary N) is 1. The van der Waals surface area contributed by atoms with E-state index in [1.807, 2.05) is 13.8 Å². The lowest BCUT2D eigenvalue weighted by Crippen LogP contribution is -2.44. The minimum atomic E-state index is -4.54. The van der Waals surface area contributed by atoms with Crippen LogP contribution in [0.1, 0.15) is 38.7 Å². The first kappa shape index (κ1) is 18.2. The van der Waals surface area contributed by atoms with Crippen molar-refractivity contribution in [3.8, 4) is 0 Å². The predicted molar refractivity (Wildman–Crippen MR) is 81.2 cm³/mol. The first-order valence-electron chi connectivity index (χ1n) is 7.59. The number of carbonyl (C=O) groups excluding carboxylic acids is 3. The molecule has 0 aliphatic heterocycles. The molecular weight excluding hydrogens is 323 g/mol. The summed E-state index contributed by atoms with van der Waals surface area (Å²) in [5.74, 6) is -3.29. The molecule has 1 N–H and O–H groups in total. The number of amides is 1. The van der Waals surface area contributed by atoms with Crippen LogP contribution >= 0.6 is 0 Å². The third-order valence-electron chi connectivity index (χ3n) is 4.42. The number of alkyl halides is 3. The second-order valence-corrected chi connectivity index (χ2v) is 6.45. The molecule has 0 heterocycles. The van der Waals surface area contributed by atoms with Gasteiger partial charge in [0.2, 0.25) is 5.91 Å². The fraction of sp³-hybridized carbons (Fsp3) is 0.471. The van der Waals surface area contributed by atoms with Gasteiger partial charge >= 0.3 is 6.18 Å². The monoisotopic (exact) mass is 341 g/mol. The number of ketones is 2. The first-order chi connectivity index (χ1) is 11.1. The number of hydrogen-bond donors (Lipinski definition) is 1. The molecule has 2 rings (SSSR count). The van der Waals surface area contributed by atoms with Crippen LogP contribution in [0.3, 0.4) is 0 Å². The Morgan fingerprint density at radius 1 is 1.25 bits per heavy atom. The molecule has 1 saturated carbocycles. The first-order valence-corrected chi connectivity index (χ1v) is 7.59. The van der Waals surface area contributed by atoms with Gasteiger partial charge < -0.3 is 5.32 Å². The average Bonchev–Trinajstić information content (AvgIpc) is 2.45. The highest BCUT2D eigenvalue weighted by atomic mass is 19.4. The van der Waals surface area contributed by atoms with Crippen molar-refractivity contribution in [3.05, 3.63) is 29.8 Å². The van der Waals surface area contributed by atoms with E-state index >= 15 is 0 Å². The topological polar surface area (TPSA) is 63.2 Å². The molecule has 0 unspecified atom stereocenters. The molecule has 1 aromatic carbocycles. The van der Waals surface area contributed by atoms with E-state index in [-0.39, 0.29) is 18.5 Å². The average molecular weight is 341 g/mol.